The first kappa shape index (κ1) is 18.4. The van der Waals surface area contributed by atoms with Crippen molar-refractivity contribution in [2.75, 3.05) is 13.1 Å². The summed E-state index contributed by atoms with van der Waals surface area (Å²) in [4.78, 5) is 15.3. The highest BCUT2D eigenvalue weighted by molar-refractivity contribution is 5.82. The van der Waals surface area contributed by atoms with Gasteiger partial charge in [0, 0.05) is 25.0 Å². The summed E-state index contributed by atoms with van der Waals surface area (Å²) in [6, 6.07) is 10.1. The SMILES string of the molecule is CCN(CC)Cc1cc(=O)n(Cc2ccc(C)cc2)c2c1c(C)nn2C. The van der Waals surface area contributed by atoms with Crippen LogP contribution >= 0.6 is 0 Å². The molecule has 0 fully saturated rings. The molecule has 1 aromatic carbocycles. The molecule has 2 heterocycles. The van der Waals surface area contributed by atoms with Crippen LogP contribution in [0.2, 0.25) is 0 Å². The van der Waals surface area contributed by atoms with Gasteiger partial charge < -0.3 is 0 Å². The Bertz CT molecular complexity index is 962. The Labute approximate surface area is 154 Å². The lowest BCUT2D eigenvalue weighted by molar-refractivity contribution is 0.296. The molecular weight excluding hydrogens is 324 g/mol. The first-order valence-corrected chi connectivity index (χ1v) is 9.28. The zero-order valence-corrected chi connectivity index (χ0v) is 16.4. The Morgan fingerprint density at radius 2 is 1.73 bits per heavy atom. The molecule has 2 aromatic heterocycles. The highest BCUT2D eigenvalue weighted by atomic mass is 16.1. The van der Waals surface area contributed by atoms with Crippen LogP contribution in [-0.4, -0.2) is 32.3 Å². The first-order valence-electron chi connectivity index (χ1n) is 9.28. The number of rotatable bonds is 6. The smallest absolute Gasteiger partial charge is 0.252 e. The molecule has 0 bridgehead atoms. The van der Waals surface area contributed by atoms with Crippen LogP contribution in [0.4, 0.5) is 0 Å². The van der Waals surface area contributed by atoms with Crippen molar-refractivity contribution >= 4 is 11.0 Å². The Hall–Kier alpha value is -2.40. The van der Waals surface area contributed by atoms with Crippen molar-refractivity contribution in [1.29, 1.82) is 0 Å². The standard InChI is InChI=1S/C21H28N4O/c1-6-24(7-2)14-18-12-19(26)25(13-17-10-8-15(3)9-11-17)21-20(18)16(4)22-23(21)5/h8-12H,6-7,13-14H2,1-5H3. The van der Waals surface area contributed by atoms with Gasteiger partial charge in [-0.2, -0.15) is 5.10 Å². The average Bonchev–Trinajstić information content (AvgIpc) is 2.92. The summed E-state index contributed by atoms with van der Waals surface area (Å²) in [5, 5.41) is 5.71. The summed E-state index contributed by atoms with van der Waals surface area (Å²) in [6.45, 7) is 11.6. The minimum absolute atomic E-state index is 0.0308. The number of benzene rings is 1. The first-order chi connectivity index (χ1) is 12.4. The maximum absolute atomic E-state index is 12.9. The number of fused-ring (bicyclic) bond motifs is 1. The molecular formula is C21H28N4O. The van der Waals surface area contributed by atoms with E-state index in [0.717, 1.165) is 47.5 Å². The third kappa shape index (κ3) is 3.44. The lowest BCUT2D eigenvalue weighted by Gasteiger charge is -2.19. The van der Waals surface area contributed by atoms with Crippen LogP contribution in [0.1, 0.15) is 36.2 Å². The van der Waals surface area contributed by atoms with Gasteiger partial charge in [-0.3, -0.25) is 18.9 Å². The maximum Gasteiger partial charge on any atom is 0.252 e. The zero-order chi connectivity index (χ0) is 18.8. The molecule has 0 spiro atoms. The van der Waals surface area contributed by atoms with Gasteiger partial charge in [0.05, 0.1) is 12.2 Å². The fourth-order valence-electron chi connectivity index (χ4n) is 3.58. The number of aryl methyl sites for hydroxylation is 3. The van der Waals surface area contributed by atoms with E-state index in [0.29, 0.717) is 6.54 Å². The van der Waals surface area contributed by atoms with E-state index in [-0.39, 0.29) is 5.56 Å². The molecule has 0 aliphatic carbocycles. The van der Waals surface area contributed by atoms with Crippen molar-refractivity contribution in [2.45, 2.75) is 40.8 Å². The monoisotopic (exact) mass is 352 g/mol. The van der Waals surface area contributed by atoms with Gasteiger partial charge in [0.1, 0.15) is 5.65 Å². The second-order valence-electron chi connectivity index (χ2n) is 6.95. The van der Waals surface area contributed by atoms with E-state index in [2.05, 4.69) is 55.0 Å². The molecule has 138 valence electrons. The highest BCUT2D eigenvalue weighted by Crippen LogP contribution is 2.22. The third-order valence-corrected chi connectivity index (χ3v) is 5.08. The lowest BCUT2D eigenvalue weighted by atomic mass is 10.1. The second kappa shape index (κ2) is 7.46. The number of hydrogen-bond donors (Lipinski definition) is 0. The molecule has 0 amide bonds. The van der Waals surface area contributed by atoms with Gasteiger partial charge in [0.15, 0.2) is 0 Å². The minimum Gasteiger partial charge on any atom is -0.300 e. The van der Waals surface area contributed by atoms with Crippen LogP contribution in [0.5, 0.6) is 0 Å². The topological polar surface area (TPSA) is 43.1 Å². The molecule has 0 saturated carbocycles. The molecule has 0 unspecified atom stereocenters. The normalized spacial score (nSPS) is 11.6. The number of hydrogen-bond acceptors (Lipinski definition) is 3. The van der Waals surface area contributed by atoms with Crippen LogP contribution in [0, 0.1) is 13.8 Å². The van der Waals surface area contributed by atoms with Gasteiger partial charge in [-0.25, -0.2) is 0 Å². The maximum atomic E-state index is 12.9. The molecule has 0 aliphatic rings. The van der Waals surface area contributed by atoms with Gasteiger partial charge in [-0.05, 0) is 38.1 Å². The lowest BCUT2D eigenvalue weighted by Crippen LogP contribution is -2.26. The van der Waals surface area contributed by atoms with E-state index >= 15 is 0 Å². The van der Waals surface area contributed by atoms with Gasteiger partial charge >= 0.3 is 0 Å². The molecule has 0 atom stereocenters. The van der Waals surface area contributed by atoms with E-state index in [9.17, 15) is 4.79 Å². The number of aromatic nitrogens is 3. The van der Waals surface area contributed by atoms with Crippen LogP contribution in [0.3, 0.4) is 0 Å². The summed E-state index contributed by atoms with van der Waals surface area (Å²) >= 11 is 0. The van der Waals surface area contributed by atoms with Crippen molar-refractivity contribution in [2.24, 2.45) is 7.05 Å². The van der Waals surface area contributed by atoms with Gasteiger partial charge in [-0.15, -0.1) is 0 Å². The molecule has 0 aliphatic heterocycles. The highest BCUT2D eigenvalue weighted by Gasteiger charge is 2.17. The van der Waals surface area contributed by atoms with Crippen molar-refractivity contribution in [3.8, 4) is 0 Å². The number of nitrogens with zero attached hydrogens (tertiary/aromatic N) is 4. The van der Waals surface area contributed by atoms with Crippen LogP contribution in [0.25, 0.3) is 11.0 Å². The largest absolute Gasteiger partial charge is 0.300 e. The molecule has 3 rings (SSSR count). The van der Waals surface area contributed by atoms with E-state index in [1.54, 1.807) is 6.07 Å². The third-order valence-electron chi connectivity index (χ3n) is 5.08. The molecule has 0 N–H and O–H groups in total. The fraction of sp³-hybridized carbons (Fsp3) is 0.429. The van der Waals surface area contributed by atoms with E-state index < -0.39 is 0 Å². The number of pyridine rings is 1. The van der Waals surface area contributed by atoms with Crippen LogP contribution in [-0.2, 0) is 20.1 Å². The van der Waals surface area contributed by atoms with Gasteiger partial charge in [0.2, 0.25) is 0 Å². The molecule has 0 radical (unpaired) electrons. The molecule has 5 nitrogen and oxygen atoms in total. The molecule has 26 heavy (non-hydrogen) atoms. The summed E-state index contributed by atoms with van der Waals surface area (Å²) in [5.41, 5.74) is 5.31. The summed E-state index contributed by atoms with van der Waals surface area (Å²) in [7, 11) is 1.92. The molecule has 0 saturated heterocycles. The van der Waals surface area contributed by atoms with Crippen LogP contribution < -0.4 is 5.56 Å². The second-order valence-corrected chi connectivity index (χ2v) is 6.95. The van der Waals surface area contributed by atoms with Gasteiger partial charge in [-0.1, -0.05) is 43.7 Å². The predicted octanol–water partition coefficient (Wildman–Crippen LogP) is 3.24. The average molecular weight is 352 g/mol. The molecule has 5 heteroatoms. The quantitative estimate of drug-likeness (QED) is 0.684. The summed E-state index contributed by atoms with van der Waals surface area (Å²) in [6.07, 6.45) is 0. The Kier molecular flexibility index (Phi) is 5.28. The van der Waals surface area contributed by atoms with E-state index in [1.807, 2.05) is 23.2 Å². The fourth-order valence-corrected chi connectivity index (χ4v) is 3.58. The van der Waals surface area contributed by atoms with Crippen molar-refractivity contribution < 1.29 is 0 Å². The summed E-state index contributed by atoms with van der Waals surface area (Å²) in [5.74, 6) is 0. The van der Waals surface area contributed by atoms with Crippen molar-refractivity contribution in [3.05, 3.63) is 63.1 Å². The van der Waals surface area contributed by atoms with Crippen LogP contribution in [0.15, 0.2) is 35.1 Å². The van der Waals surface area contributed by atoms with Crippen molar-refractivity contribution in [1.82, 2.24) is 19.2 Å². The van der Waals surface area contributed by atoms with E-state index in [4.69, 9.17) is 0 Å². The molecule has 3 aromatic rings. The van der Waals surface area contributed by atoms with Gasteiger partial charge in [0.25, 0.3) is 5.56 Å². The van der Waals surface area contributed by atoms with E-state index in [1.165, 1.54) is 5.56 Å². The zero-order valence-electron chi connectivity index (χ0n) is 16.4. The minimum atomic E-state index is 0.0308. The summed E-state index contributed by atoms with van der Waals surface area (Å²) < 4.78 is 3.68. The Morgan fingerprint density at radius 3 is 2.35 bits per heavy atom. The predicted molar refractivity (Wildman–Crippen MR) is 107 cm³/mol. The van der Waals surface area contributed by atoms with Crippen molar-refractivity contribution in [3.63, 3.8) is 0 Å². The Morgan fingerprint density at radius 1 is 1.08 bits per heavy atom. The Balaban J connectivity index is 2.14.